The minimum atomic E-state index is -4.03. The number of sulfonamides is 1. The van der Waals surface area contributed by atoms with Gasteiger partial charge in [-0.25, -0.2) is 13.2 Å². The van der Waals surface area contributed by atoms with Crippen LogP contribution in [0.2, 0.25) is 0 Å². The van der Waals surface area contributed by atoms with Crippen molar-refractivity contribution in [3.8, 4) is 11.5 Å². The molecule has 3 aliphatic rings. The van der Waals surface area contributed by atoms with Gasteiger partial charge in [0.25, 0.3) is 10.0 Å². The van der Waals surface area contributed by atoms with E-state index in [0.717, 1.165) is 25.9 Å². The lowest BCUT2D eigenvalue weighted by Crippen LogP contribution is -2.48. The summed E-state index contributed by atoms with van der Waals surface area (Å²) in [4.78, 5) is 29.8. The van der Waals surface area contributed by atoms with E-state index in [1.54, 1.807) is 29.2 Å². The van der Waals surface area contributed by atoms with Crippen molar-refractivity contribution < 1.29 is 27.5 Å². The lowest BCUT2D eigenvalue weighted by molar-refractivity contribution is -0.120. The number of ether oxygens (including phenoxy) is 2. The molecule has 2 amide bonds. The summed E-state index contributed by atoms with van der Waals surface area (Å²) in [7, 11) is -0.638. The second-order valence-electron chi connectivity index (χ2n) is 9.55. The summed E-state index contributed by atoms with van der Waals surface area (Å²) in [5.74, 6) is 0.194. The predicted octanol–water partition coefficient (Wildman–Crippen LogP) is 3.01. The molecule has 2 aromatic rings. The molecule has 1 spiro atoms. The molecule has 2 N–H and O–H groups in total. The predicted molar refractivity (Wildman–Crippen MR) is 134 cm³/mol. The Morgan fingerprint density at radius 2 is 1.75 bits per heavy atom. The average Bonchev–Trinajstić information content (AvgIpc) is 3.46. The van der Waals surface area contributed by atoms with Crippen LogP contribution in [0.15, 0.2) is 41.3 Å². The second kappa shape index (κ2) is 9.29. The molecule has 1 saturated heterocycles. The third-order valence-corrected chi connectivity index (χ3v) is 8.74. The molecule has 5 rings (SSSR count). The molecule has 11 heteroatoms. The van der Waals surface area contributed by atoms with Gasteiger partial charge in [-0.05, 0) is 43.7 Å². The molecule has 10 nitrogen and oxygen atoms in total. The van der Waals surface area contributed by atoms with E-state index in [9.17, 15) is 18.0 Å². The summed E-state index contributed by atoms with van der Waals surface area (Å²) in [6.45, 7) is 2.50. The van der Waals surface area contributed by atoms with Crippen molar-refractivity contribution in [3.05, 3.63) is 42.0 Å². The van der Waals surface area contributed by atoms with Crippen molar-refractivity contribution in [2.75, 3.05) is 50.4 Å². The van der Waals surface area contributed by atoms with Crippen molar-refractivity contribution >= 4 is 33.4 Å². The molecule has 0 aromatic heterocycles. The number of benzene rings is 2. The zero-order chi connectivity index (χ0) is 25.5. The van der Waals surface area contributed by atoms with Crippen LogP contribution in [0, 0.1) is 0 Å². The Hall–Kier alpha value is -3.31. The molecule has 1 saturated carbocycles. The molecule has 192 valence electrons. The molecule has 0 bridgehead atoms. The first kappa shape index (κ1) is 24.4. The fourth-order valence-corrected chi connectivity index (χ4v) is 6.50. The van der Waals surface area contributed by atoms with E-state index in [4.69, 9.17) is 9.47 Å². The summed E-state index contributed by atoms with van der Waals surface area (Å²) < 4.78 is 40.2. The molecule has 2 fully saturated rings. The summed E-state index contributed by atoms with van der Waals surface area (Å²) in [6, 6.07) is 9.44. The van der Waals surface area contributed by atoms with Gasteiger partial charge in [0.1, 0.15) is 10.6 Å². The van der Waals surface area contributed by atoms with Crippen molar-refractivity contribution in [1.82, 2.24) is 9.80 Å². The number of carbonyl (C=O) groups is 2. The van der Waals surface area contributed by atoms with E-state index >= 15 is 0 Å². The number of hydrogen-bond acceptors (Lipinski definition) is 7. The Morgan fingerprint density at radius 1 is 1.06 bits per heavy atom. The number of fused-ring (bicyclic) bond motifs is 2. The van der Waals surface area contributed by atoms with E-state index in [0.29, 0.717) is 37.2 Å². The van der Waals surface area contributed by atoms with Crippen molar-refractivity contribution in [2.24, 2.45) is 0 Å². The highest BCUT2D eigenvalue weighted by Gasteiger charge is 2.50. The highest BCUT2D eigenvalue weighted by atomic mass is 32.2. The zero-order valence-electron chi connectivity index (χ0n) is 20.4. The van der Waals surface area contributed by atoms with Crippen molar-refractivity contribution in [2.45, 2.75) is 36.0 Å². The molecular weight excluding hydrogens is 484 g/mol. The molecule has 1 aliphatic carbocycles. The molecular formula is C25H30N4O6S. The minimum absolute atomic E-state index is 0.0197. The molecule has 2 aromatic carbocycles. The number of amides is 2. The van der Waals surface area contributed by atoms with Crippen LogP contribution in [0.25, 0.3) is 0 Å². The van der Waals surface area contributed by atoms with Gasteiger partial charge in [0.2, 0.25) is 5.91 Å². The van der Waals surface area contributed by atoms with Gasteiger partial charge in [0.15, 0.2) is 5.75 Å². The lowest BCUT2D eigenvalue weighted by atomic mass is 9.80. The minimum Gasteiger partial charge on any atom is -0.495 e. The second-order valence-corrected chi connectivity index (χ2v) is 11.2. The molecule has 0 unspecified atom stereocenters. The van der Waals surface area contributed by atoms with E-state index in [1.807, 2.05) is 7.05 Å². The fourth-order valence-electron chi connectivity index (χ4n) is 5.29. The summed E-state index contributed by atoms with van der Waals surface area (Å²) in [5, 5.41) is 2.91. The first-order valence-electron chi connectivity index (χ1n) is 12.0. The molecule has 0 atom stereocenters. The van der Waals surface area contributed by atoms with Gasteiger partial charge >= 0.3 is 6.09 Å². The van der Waals surface area contributed by atoms with E-state index in [2.05, 4.69) is 14.9 Å². The quantitative estimate of drug-likeness (QED) is 0.630. The Kier molecular flexibility index (Phi) is 6.29. The van der Waals surface area contributed by atoms with Crippen LogP contribution in [-0.4, -0.2) is 70.6 Å². The maximum Gasteiger partial charge on any atom is 0.415 e. The average molecular weight is 515 g/mol. The Labute approximate surface area is 210 Å². The van der Waals surface area contributed by atoms with Crippen LogP contribution in [-0.2, 0) is 20.2 Å². The monoisotopic (exact) mass is 514 g/mol. The van der Waals surface area contributed by atoms with Gasteiger partial charge in [-0.15, -0.1) is 0 Å². The molecule has 36 heavy (non-hydrogen) atoms. The van der Waals surface area contributed by atoms with Crippen LogP contribution in [0.3, 0.4) is 0 Å². The number of piperazine rings is 1. The molecule has 2 heterocycles. The summed E-state index contributed by atoms with van der Waals surface area (Å²) >= 11 is 0. The third kappa shape index (κ3) is 4.26. The summed E-state index contributed by atoms with van der Waals surface area (Å²) in [5.41, 5.74) is 0.551. The molecule has 2 aliphatic heterocycles. The first-order valence-corrected chi connectivity index (χ1v) is 13.5. The number of likely N-dealkylation sites (N-methyl/N-ethyl adjacent to an activating group) is 1. The van der Waals surface area contributed by atoms with Gasteiger partial charge in [-0.2, -0.15) is 0 Å². The highest BCUT2D eigenvalue weighted by Crippen LogP contribution is 2.52. The zero-order valence-corrected chi connectivity index (χ0v) is 21.2. The topological polar surface area (TPSA) is 117 Å². The van der Waals surface area contributed by atoms with Gasteiger partial charge in [-0.1, -0.05) is 25.0 Å². The number of methoxy groups -OCH3 is 1. The Balaban J connectivity index is 1.53. The van der Waals surface area contributed by atoms with E-state index in [-0.39, 0.29) is 28.0 Å². The Morgan fingerprint density at radius 3 is 2.44 bits per heavy atom. The third-order valence-electron chi connectivity index (χ3n) is 7.32. The SMILES string of the molecule is COc1ccccc1S(=O)(=O)Nc1cc(OC(=O)N2CCN(C)CC2)c2c(c1)C1(CCCC1)C(=O)N2. The maximum atomic E-state index is 13.3. The smallest absolute Gasteiger partial charge is 0.415 e. The Bertz CT molecular complexity index is 1300. The van der Waals surface area contributed by atoms with Gasteiger partial charge < -0.3 is 24.6 Å². The lowest BCUT2D eigenvalue weighted by Gasteiger charge is -2.31. The number of para-hydroxylation sites is 1. The number of carbonyl (C=O) groups excluding carboxylic acids is 2. The normalized spacial score (nSPS) is 19.2. The van der Waals surface area contributed by atoms with E-state index in [1.165, 1.54) is 19.2 Å². The van der Waals surface area contributed by atoms with E-state index < -0.39 is 21.5 Å². The largest absolute Gasteiger partial charge is 0.495 e. The number of rotatable bonds is 5. The van der Waals surface area contributed by atoms with Crippen LogP contribution in [0.1, 0.15) is 31.2 Å². The summed E-state index contributed by atoms with van der Waals surface area (Å²) in [6.07, 6.45) is 2.55. The van der Waals surface area contributed by atoms with Crippen LogP contribution in [0.4, 0.5) is 16.2 Å². The number of nitrogens with zero attached hydrogens (tertiary/aromatic N) is 2. The first-order chi connectivity index (χ1) is 17.2. The maximum absolute atomic E-state index is 13.3. The fraction of sp³-hybridized carbons (Fsp3) is 0.440. The van der Waals surface area contributed by atoms with Crippen LogP contribution in [0.5, 0.6) is 11.5 Å². The number of nitrogens with one attached hydrogen (secondary N) is 2. The number of hydrogen-bond donors (Lipinski definition) is 2. The van der Waals surface area contributed by atoms with Gasteiger partial charge in [-0.3, -0.25) is 9.52 Å². The highest BCUT2D eigenvalue weighted by molar-refractivity contribution is 7.92. The van der Waals surface area contributed by atoms with Crippen LogP contribution < -0.4 is 19.5 Å². The standard InChI is InChI=1S/C25H30N4O6S/c1-28-11-13-29(14-12-28)24(31)35-20-16-17(27-36(32,33)21-8-4-3-7-19(21)34-2)15-18-22(20)26-23(30)25(18)9-5-6-10-25/h3-4,7-8,15-16,27H,5-6,9-14H2,1-2H3,(H,26,30). The number of anilines is 2. The molecule has 0 radical (unpaired) electrons. The van der Waals surface area contributed by atoms with Gasteiger partial charge in [0.05, 0.1) is 23.9 Å². The van der Waals surface area contributed by atoms with Crippen LogP contribution >= 0.6 is 0 Å². The van der Waals surface area contributed by atoms with Crippen molar-refractivity contribution in [3.63, 3.8) is 0 Å². The van der Waals surface area contributed by atoms with Crippen molar-refractivity contribution in [1.29, 1.82) is 0 Å². The van der Waals surface area contributed by atoms with Gasteiger partial charge in [0, 0.05) is 32.2 Å².